The van der Waals surface area contributed by atoms with Crippen LogP contribution in [0.1, 0.15) is 5.56 Å². The van der Waals surface area contributed by atoms with E-state index >= 15 is 0 Å². The maximum atomic E-state index is 11.7. The molecule has 0 atom stereocenters. The highest BCUT2D eigenvalue weighted by atomic mass is 16.4. The van der Waals surface area contributed by atoms with Crippen LogP contribution in [-0.2, 0) is 0 Å². The van der Waals surface area contributed by atoms with Gasteiger partial charge < -0.3 is 9.32 Å². The zero-order valence-electron chi connectivity index (χ0n) is 10.1. The second-order valence-electron chi connectivity index (χ2n) is 4.02. The third kappa shape index (κ3) is 2.20. The van der Waals surface area contributed by atoms with Gasteiger partial charge >= 0.3 is 6.01 Å². The summed E-state index contributed by atoms with van der Waals surface area (Å²) in [6, 6.07) is 9.87. The minimum Gasteiger partial charge on any atom is -0.425 e. The normalized spacial score (nSPS) is 10.3. The Bertz CT molecular complexity index is 574. The van der Waals surface area contributed by atoms with E-state index in [-0.39, 0.29) is 5.56 Å². The molecule has 4 nitrogen and oxygen atoms in total. The molecule has 17 heavy (non-hydrogen) atoms. The Kier molecular flexibility index (Phi) is 2.95. The van der Waals surface area contributed by atoms with E-state index in [0.717, 1.165) is 5.56 Å². The van der Waals surface area contributed by atoms with Crippen LogP contribution in [0.3, 0.4) is 0 Å². The van der Waals surface area contributed by atoms with Gasteiger partial charge in [-0.25, -0.2) is 0 Å². The molecule has 4 heteroatoms. The Morgan fingerprint density at radius 2 is 1.82 bits per heavy atom. The molecule has 1 aromatic carbocycles. The fraction of sp³-hybridized carbons (Fsp3) is 0.231. The summed E-state index contributed by atoms with van der Waals surface area (Å²) < 4.78 is 5.65. The maximum absolute atomic E-state index is 11.7. The molecule has 0 spiro atoms. The fourth-order valence-electron chi connectivity index (χ4n) is 1.51. The number of aromatic nitrogens is 1. The van der Waals surface area contributed by atoms with Gasteiger partial charge in [0, 0.05) is 19.7 Å². The summed E-state index contributed by atoms with van der Waals surface area (Å²) in [6.07, 6.45) is 0. The van der Waals surface area contributed by atoms with E-state index in [2.05, 4.69) is 4.98 Å². The van der Waals surface area contributed by atoms with E-state index in [9.17, 15) is 4.79 Å². The predicted octanol–water partition coefficient (Wildman–Crippen LogP) is 2.08. The van der Waals surface area contributed by atoms with Crippen LogP contribution in [0.15, 0.2) is 39.5 Å². The Hall–Kier alpha value is -2.10. The highest BCUT2D eigenvalue weighted by Crippen LogP contribution is 2.23. The number of hydrogen-bond donors (Lipinski definition) is 0. The van der Waals surface area contributed by atoms with E-state index in [4.69, 9.17) is 4.42 Å². The average molecular weight is 230 g/mol. The molecule has 0 aliphatic carbocycles. The molecular weight excluding hydrogens is 216 g/mol. The van der Waals surface area contributed by atoms with Gasteiger partial charge in [0.25, 0.3) is 5.56 Å². The van der Waals surface area contributed by atoms with Gasteiger partial charge in [-0.3, -0.25) is 4.79 Å². The Balaban J connectivity index is 2.65. The van der Waals surface area contributed by atoms with Gasteiger partial charge in [-0.2, -0.15) is 4.98 Å². The minimum atomic E-state index is -0.251. The molecule has 0 N–H and O–H groups in total. The smallest absolute Gasteiger partial charge is 0.300 e. The van der Waals surface area contributed by atoms with Crippen molar-refractivity contribution in [3.8, 4) is 11.3 Å². The van der Waals surface area contributed by atoms with Crippen LogP contribution in [0, 0.1) is 6.92 Å². The first-order valence-corrected chi connectivity index (χ1v) is 5.34. The maximum Gasteiger partial charge on any atom is 0.300 e. The third-order valence-electron chi connectivity index (χ3n) is 2.47. The van der Waals surface area contributed by atoms with Crippen molar-refractivity contribution in [3.05, 3.63) is 46.2 Å². The van der Waals surface area contributed by atoms with E-state index < -0.39 is 0 Å². The summed E-state index contributed by atoms with van der Waals surface area (Å²) in [6.45, 7) is 1.72. The minimum absolute atomic E-state index is 0.251. The molecule has 0 amide bonds. The molecule has 0 saturated heterocycles. The topological polar surface area (TPSA) is 46.3 Å². The van der Waals surface area contributed by atoms with E-state index in [1.165, 1.54) is 0 Å². The summed E-state index contributed by atoms with van der Waals surface area (Å²) in [4.78, 5) is 17.3. The lowest BCUT2D eigenvalue weighted by Gasteiger charge is -2.11. The van der Waals surface area contributed by atoms with Crippen LogP contribution in [-0.4, -0.2) is 19.1 Å². The molecule has 1 heterocycles. The lowest BCUT2D eigenvalue weighted by molar-refractivity contribution is 0.534. The highest BCUT2D eigenvalue weighted by molar-refractivity contribution is 5.60. The Morgan fingerprint density at radius 1 is 1.18 bits per heavy atom. The molecule has 2 rings (SSSR count). The van der Waals surface area contributed by atoms with Crippen LogP contribution in [0.25, 0.3) is 11.3 Å². The zero-order chi connectivity index (χ0) is 12.4. The van der Waals surface area contributed by atoms with Crippen LogP contribution >= 0.6 is 0 Å². The number of benzene rings is 1. The van der Waals surface area contributed by atoms with Crippen LogP contribution in [0.4, 0.5) is 6.01 Å². The van der Waals surface area contributed by atoms with Crippen LogP contribution in [0.5, 0.6) is 0 Å². The molecule has 0 unspecified atom stereocenters. The lowest BCUT2D eigenvalue weighted by atomic mass is 10.1. The van der Waals surface area contributed by atoms with E-state index in [1.807, 2.05) is 30.3 Å². The largest absolute Gasteiger partial charge is 0.425 e. The van der Waals surface area contributed by atoms with Gasteiger partial charge in [-0.15, -0.1) is 0 Å². The number of nitrogens with zero attached hydrogens (tertiary/aromatic N) is 2. The number of hydrogen-bond acceptors (Lipinski definition) is 4. The van der Waals surface area contributed by atoms with E-state index in [0.29, 0.717) is 17.3 Å². The predicted molar refractivity (Wildman–Crippen MR) is 67.3 cm³/mol. The average Bonchev–Trinajstić information content (AvgIpc) is 2.33. The quantitative estimate of drug-likeness (QED) is 0.792. The van der Waals surface area contributed by atoms with Gasteiger partial charge in [0.2, 0.25) is 0 Å². The standard InChI is InChI=1S/C13H14N2O2/c1-9-11(10-7-5-4-6-8-10)17-13(15(2)3)14-12(9)16/h4-8H,1-3H3. The second-order valence-corrected chi connectivity index (χ2v) is 4.02. The van der Waals surface area contributed by atoms with Crippen molar-refractivity contribution in [3.63, 3.8) is 0 Å². The van der Waals surface area contributed by atoms with Gasteiger partial charge in [-0.05, 0) is 6.92 Å². The molecule has 1 aromatic heterocycles. The van der Waals surface area contributed by atoms with Crippen molar-refractivity contribution in [1.29, 1.82) is 0 Å². The Labute approximate surface area is 99.5 Å². The first-order valence-electron chi connectivity index (χ1n) is 5.34. The van der Waals surface area contributed by atoms with Crippen molar-refractivity contribution in [1.82, 2.24) is 4.98 Å². The first-order chi connectivity index (χ1) is 8.09. The highest BCUT2D eigenvalue weighted by Gasteiger charge is 2.12. The van der Waals surface area contributed by atoms with Crippen LogP contribution in [0.2, 0.25) is 0 Å². The Morgan fingerprint density at radius 3 is 2.41 bits per heavy atom. The summed E-state index contributed by atoms with van der Waals surface area (Å²) in [5.74, 6) is 0.578. The molecule has 0 fully saturated rings. The van der Waals surface area contributed by atoms with E-state index in [1.54, 1.807) is 25.9 Å². The van der Waals surface area contributed by atoms with Crippen molar-refractivity contribution in [2.75, 3.05) is 19.0 Å². The molecule has 0 aliphatic heterocycles. The summed E-state index contributed by atoms with van der Waals surface area (Å²) in [5, 5.41) is 0. The fourth-order valence-corrected chi connectivity index (χ4v) is 1.51. The summed E-state index contributed by atoms with van der Waals surface area (Å²) >= 11 is 0. The molecule has 0 radical (unpaired) electrons. The zero-order valence-corrected chi connectivity index (χ0v) is 10.1. The van der Waals surface area contributed by atoms with Crippen molar-refractivity contribution < 1.29 is 4.42 Å². The molecule has 2 aromatic rings. The van der Waals surface area contributed by atoms with Gasteiger partial charge in [0.1, 0.15) is 5.76 Å². The molecule has 0 saturated carbocycles. The van der Waals surface area contributed by atoms with Crippen molar-refractivity contribution in [2.24, 2.45) is 0 Å². The second kappa shape index (κ2) is 4.41. The lowest BCUT2D eigenvalue weighted by Crippen LogP contribution is -2.18. The monoisotopic (exact) mass is 230 g/mol. The van der Waals surface area contributed by atoms with Crippen molar-refractivity contribution >= 4 is 6.01 Å². The summed E-state index contributed by atoms with van der Waals surface area (Å²) in [5.41, 5.74) is 1.16. The molecule has 88 valence electrons. The SMILES string of the molecule is Cc1c(-c2ccccc2)oc(N(C)C)nc1=O. The molecular formula is C13H14N2O2. The summed E-state index contributed by atoms with van der Waals surface area (Å²) in [7, 11) is 3.57. The molecule has 0 aliphatic rings. The molecule has 0 bridgehead atoms. The number of rotatable bonds is 2. The van der Waals surface area contributed by atoms with Crippen LogP contribution < -0.4 is 10.5 Å². The number of anilines is 1. The van der Waals surface area contributed by atoms with Crippen molar-refractivity contribution in [2.45, 2.75) is 6.92 Å². The first kappa shape index (κ1) is 11.4. The third-order valence-corrected chi connectivity index (χ3v) is 2.47. The van der Waals surface area contributed by atoms with Gasteiger partial charge in [-0.1, -0.05) is 30.3 Å². The van der Waals surface area contributed by atoms with Gasteiger partial charge in [0.05, 0.1) is 5.56 Å². The van der Waals surface area contributed by atoms with Gasteiger partial charge in [0.15, 0.2) is 0 Å².